The minimum Gasteiger partial charge on any atom is -0.378 e. The second-order valence-corrected chi connectivity index (χ2v) is 3.54. The Kier molecular flexibility index (Phi) is 2.84. The lowest BCUT2D eigenvalue weighted by atomic mass is 10.2. The van der Waals surface area contributed by atoms with Gasteiger partial charge in [-0.05, 0) is 13.0 Å². The number of anilines is 1. The van der Waals surface area contributed by atoms with Gasteiger partial charge in [-0.2, -0.15) is 5.26 Å². The lowest BCUT2D eigenvalue weighted by Gasteiger charge is -2.29. The van der Waals surface area contributed by atoms with E-state index in [0.29, 0.717) is 5.56 Å². The van der Waals surface area contributed by atoms with Gasteiger partial charge in [-0.15, -0.1) is 0 Å². The van der Waals surface area contributed by atoms with Crippen LogP contribution in [0, 0.1) is 18.3 Å². The molecule has 0 radical (unpaired) electrons. The molecule has 1 aromatic rings. The zero-order valence-electron chi connectivity index (χ0n) is 8.73. The molecule has 1 fully saturated rings. The zero-order valence-corrected chi connectivity index (χ0v) is 8.73. The Labute approximate surface area is 89.1 Å². The van der Waals surface area contributed by atoms with Gasteiger partial charge in [0, 0.05) is 19.3 Å². The van der Waals surface area contributed by atoms with Crippen LogP contribution in [0.25, 0.3) is 0 Å². The Morgan fingerprint density at radius 2 is 2.20 bits per heavy atom. The van der Waals surface area contributed by atoms with Crippen molar-refractivity contribution in [2.24, 2.45) is 0 Å². The summed E-state index contributed by atoms with van der Waals surface area (Å²) in [5, 5.41) is 8.82. The van der Waals surface area contributed by atoms with Gasteiger partial charge in [0.25, 0.3) is 0 Å². The highest BCUT2D eigenvalue weighted by molar-refractivity contribution is 5.54. The SMILES string of the molecule is Cc1ncc(C#N)cc1N1CCOCC1. The van der Waals surface area contributed by atoms with Crippen molar-refractivity contribution >= 4 is 5.69 Å². The van der Waals surface area contributed by atoms with E-state index in [-0.39, 0.29) is 0 Å². The van der Waals surface area contributed by atoms with Crippen LogP contribution in [0.1, 0.15) is 11.3 Å². The molecule has 2 heterocycles. The standard InChI is InChI=1S/C11H13N3O/c1-9-11(6-10(7-12)8-13-9)14-2-4-15-5-3-14/h6,8H,2-5H2,1H3. The number of aromatic nitrogens is 1. The van der Waals surface area contributed by atoms with Gasteiger partial charge < -0.3 is 9.64 Å². The predicted octanol–water partition coefficient (Wildman–Crippen LogP) is 1.10. The molecule has 4 heteroatoms. The molecule has 0 N–H and O–H groups in total. The van der Waals surface area contributed by atoms with Crippen molar-refractivity contribution < 1.29 is 4.74 Å². The first kappa shape index (κ1) is 9.94. The highest BCUT2D eigenvalue weighted by atomic mass is 16.5. The molecule has 0 bridgehead atoms. The van der Waals surface area contributed by atoms with E-state index >= 15 is 0 Å². The fourth-order valence-electron chi connectivity index (χ4n) is 1.71. The highest BCUT2D eigenvalue weighted by Gasteiger charge is 2.14. The molecule has 0 saturated carbocycles. The number of hydrogen-bond donors (Lipinski definition) is 0. The molecule has 1 saturated heterocycles. The van der Waals surface area contributed by atoms with E-state index in [1.165, 1.54) is 0 Å². The summed E-state index contributed by atoms with van der Waals surface area (Å²) in [4.78, 5) is 6.44. The van der Waals surface area contributed by atoms with E-state index in [0.717, 1.165) is 37.7 Å². The molecule has 0 unspecified atom stereocenters. The summed E-state index contributed by atoms with van der Waals surface area (Å²) >= 11 is 0. The van der Waals surface area contributed by atoms with Crippen LogP contribution in [0.4, 0.5) is 5.69 Å². The van der Waals surface area contributed by atoms with Gasteiger partial charge in [0.15, 0.2) is 0 Å². The maximum atomic E-state index is 8.82. The van der Waals surface area contributed by atoms with Crippen LogP contribution >= 0.6 is 0 Å². The van der Waals surface area contributed by atoms with Crippen molar-refractivity contribution in [1.82, 2.24) is 4.98 Å². The number of rotatable bonds is 1. The second kappa shape index (κ2) is 4.28. The summed E-state index contributed by atoms with van der Waals surface area (Å²) in [7, 11) is 0. The molecule has 15 heavy (non-hydrogen) atoms. The fraction of sp³-hybridized carbons (Fsp3) is 0.455. The van der Waals surface area contributed by atoms with E-state index in [4.69, 9.17) is 10.00 Å². The van der Waals surface area contributed by atoms with Crippen LogP contribution in [0.15, 0.2) is 12.3 Å². The predicted molar refractivity (Wildman–Crippen MR) is 56.7 cm³/mol. The van der Waals surface area contributed by atoms with Gasteiger partial charge in [0.2, 0.25) is 0 Å². The molecule has 4 nitrogen and oxygen atoms in total. The zero-order chi connectivity index (χ0) is 10.7. The van der Waals surface area contributed by atoms with Gasteiger partial charge >= 0.3 is 0 Å². The average molecular weight is 203 g/mol. The molecule has 0 aliphatic carbocycles. The van der Waals surface area contributed by atoms with Crippen molar-refractivity contribution in [1.29, 1.82) is 5.26 Å². The third-order valence-electron chi connectivity index (χ3n) is 2.54. The lowest BCUT2D eigenvalue weighted by Crippen LogP contribution is -2.36. The first-order valence-corrected chi connectivity index (χ1v) is 5.00. The molecule has 1 aromatic heterocycles. The van der Waals surface area contributed by atoms with Gasteiger partial charge in [-0.25, -0.2) is 0 Å². The van der Waals surface area contributed by atoms with Crippen molar-refractivity contribution in [3.63, 3.8) is 0 Å². The largest absolute Gasteiger partial charge is 0.378 e. The Bertz CT molecular complexity index is 391. The Hall–Kier alpha value is -1.60. The smallest absolute Gasteiger partial charge is 0.101 e. The first-order chi connectivity index (χ1) is 7.31. The van der Waals surface area contributed by atoms with Crippen LogP contribution in [-0.4, -0.2) is 31.3 Å². The van der Waals surface area contributed by atoms with Crippen LogP contribution in [-0.2, 0) is 4.74 Å². The maximum Gasteiger partial charge on any atom is 0.101 e. The highest BCUT2D eigenvalue weighted by Crippen LogP contribution is 2.20. The van der Waals surface area contributed by atoms with Gasteiger partial charge in [0.1, 0.15) is 6.07 Å². The molecule has 0 spiro atoms. The van der Waals surface area contributed by atoms with Crippen LogP contribution in [0.5, 0.6) is 0 Å². The molecule has 78 valence electrons. The molecular weight excluding hydrogens is 190 g/mol. The molecule has 1 aliphatic rings. The summed E-state index contributed by atoms with van der Waals surface area (Å²) in [6.45, 7) is 5.20. The number of pyridine rings is 1. The van der Waals surface area contributed by atoms with Gasteiger partial charge in [-0.1, -0.05) is 0 Å². The first-order valence-electron chi connectivity index (χ1n) is 5.00. The molecule has 0 amide bonds. The second-order valence-electron chi connectivity index (χ2n) is 3.54. The Morgan fingerprint density at radius 3 is 2.87 bits per heavy atom. The van der Waals surface area contributed by atoms with E-state index < -0.39 is 0 Å². The van der Waals surface area contributed by atoms with E-state index in [1.54, 1.807) is 6.20 Å². The van der Waals surface area contributed by atoms with Crippen LogP contribution in [0.2, 0.25) is 0 Å². The third-order valence-corrected chi connectivity index (χ3v) is 2.54. The molecule has 0 aromatic carbocycles. The average Bonchev–Trinajstić information content (AvgIpc) is 2.31. The minimum absolute atomic E-state index is 0.613. The minimum atomic E-state index is 0.613. The normalized spacial score (nSPS) is 16.1. The van der Waals surface area contributed by atoms with Crippen molar-refractivity contribution in [2.45, 2.75) is 6.92 Å². The monoisotopic (exact) mass is 203 g/mol. The number of morpholine rings is 1. The summed E-state index contributed by atoms with van der Waals surface area (Å²) in [5.41, 5.74) is 2.63. The molecule has 2 rings (SSSR count). The summed E-state index contributed by atoms with van der Waals surface area (Å²) in [5.74, 6) is 0. The summed E-state index contributed by atoms with van der Waals surface area (Å²) in [6.07, 6.45) is 1.61. The number of aryl methyl sites for hydroxylation is 1. The molecular formula is C11H13N3O. The maximum absolute atomic E-state index is 8.82. The summed E-state index contributed by atoms with van der Waals surface area (Å²) < 4.78 is 5.29. The van der Waals surface area contributed by atoms with E-state index in [1.807, 2.05) is 13.0 Å². The third kappa shape index (κ3) is 2.08. The van der Waals surface area contributed by atoms with Gasteiger partial charge in [0.05, 0.1) is 30.2 Å². The molecule has 1 aliphatic heterocycles. The lowest BCUT2D eigenvalue weighted by molar-refractivity contribution is 0.122. The Morgan fingerprint density at radius 1 is 1.47 bits per heavy atom. The van der Waals surface area contributed by atoms with Crippen molar-refractivity contribution in [3.05, 3.63) is 23.5 Å². The van der Waals surface area contributed by atoms with Crippen LogP contribution in [0.3, 0.4) is 0 Å². The Balaban J connectivity index is 2.29. The fourth-order valence-corrected chi connectivity index (χ4v) is 1.71. The summed E-state index contributed by atoms with van der Waals surface area (Å²) in [6, 6.07) is 4.01. The quantitative estimate of drug-likeness (QED) is 0.685. The van der Waals surface area contributed by atoms with E-state index in [2.05, 4.69) is 16.0 Å². The topological polar surface area (TPSA) is 49.2 Å². The molecule has 0 atom stereocenters. The number of nitrogens with zero attached hydrogens (tertiary/aromatic N) is 3. The number of nitriles is 1. The number of ether oxygens (including phenoxy) is 1. The van der Waals surface area contributed by atoms with Crippen molar-refractivity contribution in [3.8, 4) is 6.07 Å². The number of hydrogen-bond acceptors (Lipinski definition) is 4. The van der Waals surface area contributed by atoms with Gasteiger partial charge in [-0.3, -0.25) is 4.98 Å². The van der Waals surface area contributed by atoms with Crippen LogP contribution < -0.4 is 4.90 Å². The van der Waals surface area contributed by atoms with E-state index in [9.17, 15) is 0 Å². The van der Waals surface area contributed by atoms with Crippen molar-refractivity contribution in [2.75, 3.05) is 31.2 Å².